The number of ether oxygens (including phenoxy) is 3. The van der Waals surface area contributed by atoms with Crippen LogP contribution in [0.3, 0.4) is 0 Å². The minimum Gasteiger partial charge on any atom is -0.455 e. The molecule has 1 heterocycles. The maximum atomic E-state index is 14.4. The van der Waals surface area contributed by atoms with Crippen molar-refractivity contribution >= 4 is 17.7 Å². The Morgan fingerprint density at radius 2 is 1.72 bits per heavy atom. The number of aliphatic hydroxyl groups excluding tert-OH is 2. The first-order chi connectivity index (χ1) is 18.1. The highest BCUT2D eigenvalue weighted by molar-refractivity contribution is 5.93. The Morgan fingerprint density at radius 1 is 1.08 bits per heavy atom. The van der Waals surface area contributed by atoms with Gasteiger partial charge in [0, 0.05) is 24.2 Å². The number of fused-ring (bicyclic) bond motifs is 5. The molecule has 2 saturated carbocycles. The molecule has 9 atom stereocenters. The molecule has 1 aromatic rings. The predicted octanol–water partition coefficient (Wildman–Crippen LogP) is 2.36. The minimum absolute atomic E-state index is 0.0641. The first kappa shape index (κ1) is 28.0. The maximum absolute atomic E-state index is 14.4. The molecule has 9 nitrogen and oxygen atoms in total. The fourth-order valence-corrected chi connectivity index (χ4v) is 8.24. The van der Waals surface area contributed by atoms with E-state index < -0.39 is 70.1 Å². The van der Waals surface area contributed by atoms with Crippen molar-refractivity contribution in [2.75, 3.05) is 6.61 Å². The number of hydrogen-bond acceptors (Lipinski definition) is 9. The van der Waals surface area contributed by atoms with Gasteiger partial charge in [0.1, 0.15) is 23.9 Å². The van der Waals surface area contributed by atoms with Gasteiger partial charge in [0.15, 0.2) is 11.4 Å². The van der Waals surface area contributed by atoms with Crippen LogP contribution in [-0.4, -0.2) is 75.3 Å². The zero-order valence-electron chi connectivity index (χ0n) is 23.3. The molecule has 0 spiro atoms. The third-order valence-corrected chi connectivity index (χ3v) is 10.1. The number of carbonyl (C=O) groups is 3. The van der Waals surface area contributed by atoms with Crippen molar-refractivity contribution in [3.63, 3.8) is 0 Å². The standard InChI is InChI=1S/C30H38O9/c1-15-12-28(6)22(29(39-17(3)31)14-37-24(15)29)25(38-26(35)18-10-8-7-9-11-18)30(36)13-19(32)16(2)20(27(30,4)5)21(33)23(28)34/h7-11,15,19,21-22,24-25,32-33,36H,12-14H2,1-6H3/t15-,19+,21-,22+,24-,25+,28-,29-,30-/m1/s1. The second-order valence-corrected chi connectivity index (χ2v) is 12.7. The van der Waals surface area contributed by atoms with Gasteiger partial charge in [0.2, 0.25) is 0 Å². The molecule has 3 aliphatic carbocycles. The number of carbonyl (C=O) groups excluding carboxylic acids is 3. The quantitative estimate of drug-likeness (QED) is 0.388. The Kier molecular flexibility index (Phi) is 6.42. The number of Topliss-reactive ketones (excluding diaryl/α,β-unsaturated/α-hetero) is 1. The molecule has 0 radical (unpaired) electrons. The lowest BCUT2D eigenvalue weighted by Gasteiger charge is -2.67. The van der Waals surface area contributed by atoms with Crippen molar-refractivity contribution in [3.05, 3.63) is 47.0 Å². The van der Waals surface area contributed by atoms with Gasteiger partial charge >= 0.3 is 11.9 Å². The van der Waals surface area contributed by atoms with E-state index in [4.69, 9.17) is 14.2 Å². The average Bonchev–Trinajstić information content (AvgIpc) is 2.84. The van der Waals surface area contributed by atoms with Gasteiger partial charge in [-0.2, -0.15) is 0 Å². The van der Waals surface area contributed by atoms with E-state index in [0.717, 1.165) is 0 Å². The molecule has 1 aliphatic heterocycles. The SMILES string of the molecule is CC(=O)O[C@@]12CO[C@@H]1[C@H](C)C[C@@]1(C)C(=O)[C@H](O)C3=C(C)[C@@H](O)C[C@@](O)([C@@H](OC(=O)c4ccccc4)[C@H]21)C3(C)C. The summed E-state index contributed by atoms with van der Waals surface area (Å²) in [6, 6.07) is 8.29. The van der Waals surface area contributed by atoms with Gasteiger partial charge in [-0.15, -0.1) is 0 Å². The lowest BCUT2D eigenvalue weighted by atomic mass is 9.44. The van der Waals surface area contributed by atoms with Crippen LogP contribution in [0.2, 0.25) is 0 Å². The summed E-state index contributed by atoms with van der Waals surface area (Å²) in [5.74, 6) is -3.18. The van der Waals surface area contributed by atoms with E-state index in [1.54, 1.807) is 58.0 Å². The number of aliphatic hydroxyl groups is 3. The van der Waals surface area contributed by atoms with Crippen LogP contribution < -0.4 is 0 Å². The van der Waals surface area contributed by atoms with Gasteiger partial charge < -0.3 is 29.5 Å². The average molecular weight is 543 g/mol. The molecule has 3 N–H and O–H groups in total. The van der Waals surface area contributed by atoms with Gasteiger partial charge in [-0.1, -0.05) is 45.9 Å². The second kappa shape index (κ2) is 8.96. The summed E-state index contributed by atoms with van der Waals surface area (Å²) >= 11 is 0. The van der Waals surface area contributed by atoms with Crippen LogP contribution in [0.4, 0.5) is 0 Å². The third-order valence-electron chi connectivity index (χ3n) is 10.1. The number of ketones is 1. The molecule has 0 aromatic heterocycles. The Morgan fingerprint density at radius 3 is 2.28 bits per heavy atom. The Hall–Kier alpha value is -2.59. The fourth-order valence-electron chi connectivity index (χ4n) is 8.24. The summed E-state index contributed by atoms with van der Waals surface area (Å²) in [7, 11) is 0. The van der Waals surface area contributed by atoms with E-state index in [9.17, 15) is 29.7 Å². The molecular formula is C30H38O9. The maximum Gasteiger partial charge on any atom is 0.338 e. The number of esters is 2. The molecule has 2 bridgehead atoms. The predicted molar refractivity (Wildman–Crippen MR) is 138 cm³/mol. The summed E-state index contributed by atoms with van der Waals surface area (Å²) in [5.41, 5.74) is -5.18. The summed E-state index contributed by atoms with van der Waals surface area (Å²) in [6.45, 7) is 9.78. The zero-order chi connectivity index (χ0) is 28.7. The molecule has 9 heteroatoms. The van der Waals surface area contributed by atoms with Crippen molar-refractivity contribution in [2.24, 2.45) is 22.7 Å². The van der Waals surface area contributed by atoms with E-state index in [2.05, 4.69) is 0 Å². The minimum atomic E-state index is -1.95. The van der Waals surface area contributed by atoms with E-state index >= 15 is 0 Å². The molecular weight excluding hydrogens is 504 g/mol. The van der Waals surface area contributed by atoms with Gasteiger partial charge in [0.25, 0.3) is 0 Å². The highest BCUT2D eigenvalue weighted by Gasteiger charge is 2.76. The summed E-state index contributed by atoms with van der Waals surface area (Å²) < 4.78 is 18.1. The van der Waals surface area contributed by atoms with E-state index in [1.165, 1.54) is 6.92 Å². The topological polar surface area (TPSA) is 140 Å². The molecule has 1 saturated heterocycles. The first-order valence-corrected chi connectivity index (χ1v) is 13.5. The van der Waals surface area contributed by atoms with Crippen LogP contribution >= 0.6 is 0 Å². The number of rotatable bonds is 3. The molecule has 5 rings (SSSR count). The monoisotopic (exact) mass is 542 g/mol. The lowest BCUT2D eigenvalue weighted by molar-refractivity contribution is -0.344. The third kappa shape index (κ3) is 3.70. The summed E-state index contributed by atoms with van der Waals surface area (Å²) in [4.78, 5) is 40.5. The normalized spacial score (nSPS) is 42.7. The van der Waals surface area contributed by atoms with Crippen LogP contribution in [0.5, 0.6) is 0 Å². The number of benzene rings is 1. The molecule has 212 valence electrons. The first-order valence-electron chi connectivity index (χ1n) is 13.5. The summed E-state index contributed by atoms with van der Waals surface area (Å²) in [5, 5.41) is 35.5. The smallest absolute Gasteiger partial charge is 0.338 e. The molecule has 0 amide bonds. The van der Waals surface area contributed by atoms with E-state index in [0.29, 0.717) is 5.57 Å². The highest BCUT2D eigenvalue weighted by Crippen LogP contribution is 2.64. The van der Waals surface area contributed by atoms with Crippen LogP contribution in [-0.2, 0) is 23.8 Å². The van der Waals surface area contributed by atoms with Gasteiger partial charge in [-0.3, -0.25) is 9.59 Å². The van der Waals surface area contributed by atoms with Crippen molar-refractivity contribution in [1.29, 1.82) is 0 Å². The van der Waals surface area contributed by atoms with Crippen molar-refractivity contribution in [3.8, 4) is 0 Å². The summed E-state index contributed by atoms with van der Waals surface area (Å²) in [6.07, 6.45) is -4.82. The van der Waals surface area contributed by atoms with Crippen molar-refractivity contribution in [1.82, 2.24) is 0 Å². The molecule has 39 heavy (non-hydrogen) atoms. The van der Waals surface area contributed by atoms with E-state index in [-0.39, 0.29) is 36.5 Å². The Bertz CT molecular complexity index is 1240. The van der Waals surface area contributed by atoms with Gasteiger partial charge in [0.05, 0.1) is 24.2 Å². The van der Waals surface area contributed by atoms with Crippen LogP contribution in [0.25, 0.3) is 0 Å². The number of hydrogen-bond donors (Lipinski definition) is 3. The Balaban J connectivity index is 1.80. The van der Waals surface area contributed by atoms with Gasteiger partial charge in [-0.25, -0.2) is 4.79 Å². The highest BCUT2D eigenvalue weighted by atomic mass is 16.6. The van der Waals surface area contributed by atoms with Gasteiger partial charge in [-0.05, 0) is 42.5 Å². The molecule has 3 fully saturated rings. The lowest BCUT2D eigenvalue weighted by Crippen LogP contribution is -2.80. The van der Waals surface area contributed by atoms with Crippen molar-refractivity contribution in [2.45, 2.75) is 90.0 Å². The second-order valence-electron chi connectivity index (χ2n) is 12.7. The zero-order valence-corrected chi connectivity index (χ0v) is 23.3. The fraction of sp³-hybridized carbons (Fsp3) is 0.633. The van der Waals surface area contributed by atoms with Crippen LogP contribution in [0.15, 0.2) is 41.5 Å². The molecule has 4 aliphatic rings. The van der Waals surface area contributed by atoms with E-state index in [1.807, 2.05) is 6.92 Å². The molecule has 1 aromatic carbocycles. The molecule has 0 unspecified atom stereocenters. The largest absolute Gasteiger partial charge is 0.455 e. The van der Waals surface area contributed by atoms with Crippen molar-refractivity contribution < 1.29 is 43.9 Å². The van der Waals surface area contributed by atoms with Crippen LogP contribution in [0, 0.1) is 22.7 Å². The Labute approximate surface area is 228 Å². The van der Waals surface area contributed by atoms with Crippen LogP contribution in [0.1, 0.15) is 64.7 Å².